The van der Waals surface area contributed by atoms with Crippen molar-refractivity contribution in [3.63, 3.8) is 0 Å². The van der Waals surface area contributed by atoms with E-state index in [9.17, 15) is 9.59 Å². The van der Waals surface area contributed by atoms with Crippen LogP contribution in [0.25, 0.3) is 0 Å². The molecule has 2 unspecified atom stereocenters. The number of rotatable bonds is 3. The summed E-state index contributed by atoms with van der Waals surface area (Å²) in [5.41, 5.74) is 0.506. The highest BCUT2D eigenvalue weighted by Crippen LogP contribution is 2.38. The molecule has 2 amide bonds. The molecule has 1 saturated heterocycles. The fourth-order valence-corrected chi connectivity index (χ4v) is 2.42. The van der Waals surface area contributed by atoms with Crippen molar-refractivity contribution in [1.29, 1.82) is 0 Å². The summed E-state index contributed by atoms with van der Waals surface area (Å²) in [4.78, 5) is 30.6. The molecule has 1 aromatic rings. The summed E-state index contributed by atoms with van der Waals surface area (Å²) in [6.45, 7) is 1.91. The molecule has 3 N–H and O–H groups in total. The summed E-state index contributed by atoms with van der Waals surface area (Å²) >= 11 is 0. The fourth-order valence-electron chi connectivity index (χ4n) is 2.42. The van der Waals surface area contributed by atoms with Crippen molar-refractivity contribution in [2.24, 2.45) is 0 Å². The Bertz CT molecular complexity index is 506. The fraction of sp³-hybridized carbons (Fsp3) is 0.615. The Morgan fingerprint density at radius 2 is 2.21 bits per heavy atom. The Morgan fingerprint density at radius 1 is 1.42 bits per heavy atom. The molecule has 2 aliphatic rings. The zero-order chi connectivity index (χ0) is 13.4. The number of aromatic amines is 1. The highest BCUT2D eigenvalue weighted by molar-refractivity contribution is 5.92. The SMILES string of the molecule is CC1NC(=O)CCC1NC(=O)c1cnc(C2CC2)[nH]1. The Hall–Kier alpha value is -1.85. The molecule has 1 aromatic heterocycles. The Kier molecular flexibility index (Phi) is 3.00. The van der Waals surface area contributed by atoms with E-state index in [0.717, 1.165) is 18.7 Å². The normalized spacial score (nSPS) is 26.9. The van der Waals surface area contributed by atoms with E-state index in [0.29, 0.717) is 24.5 Å². The molecule has 6 heteroatoms. The summed E-state index contributed by atoms with van der Waals surface area (Å²) in [7, 11) is 0. The minimum atomic E-state index is -0.146. The van der Waals surface area contributed by atoms with Gasteiger partial charge in [-0.3, -0.25) is 9.59 Å². The van der Waals surface area contributed by atoms with Crippen LogP contribution in [0.15, 0.2) is 6.20 Å². The average Bonchev–Trinajstić information content (AvgIpc) is 3.10. The number of hydrogen-bond donors (Lipinski definition) is 3. The monoisotopic (exact) mass is 262 g/mol. The van der Waals surface area contributed by atoms with Gasteiger partial charge in [0.05, 0.1) is 6.20 Å². The lowest BCUT2D eigenvalue weighted by Crippen LogP contribution is -2.54. The minimum Gasteiger partial charge on any atom is -0.352 e. The van der Waals surface area contributed by atoms with Crippen molar-refractivity contribution in [2.45, 2.75) is 50.6 Å². The third kappa shape index (κ3) is 2.62. The molecule has 1 saturated carbocycles. The zero-order valence-electron chi connectivity index (χ0n) is 10.9. The van der Waals surface area contributed by atoms with Crippen LogP contribution in [0.5, 0.6) is 0 Å². The lowest BCUT2D eigenvalue weighted by Gasteiger charge is -2.30. The van der Waals surface area contributed by atoms with Gasteiger partial charge in [0.25, 0.3) is 5.91 Å². The minimum absolute atomic E-state index is 0.0159. The van der Waals surface area contributed by atoms with Gasteiger partial charge in [0.2, 0.25) is 5.91 Å². The van der Waals surface area contributed by atoms with Gasteiger partial charge >= 0.3 is 0 Å². The van der Waals surface area contributed by atoms with Crippen LogP contribution >= 0.6 is 0 Å². The van der Waals surface area contributed by atoms with Crippen LogP contribution in [0.1, 0.15) is 54.8 Å². The number of nitrogens with one attached hydrogen (secondary N) is 3. The second-order valence-corrected chi connectivity index (χ2v) is 5.43. The number of carbonyl (C=O) groups excluding carboxylic acids is 2. The quantitative estimate of drug-likeness (QED) is 0.748. The predicted octanol–water partition coefficient (Wildman–Crippen LogP) is 0.684. The first-order valence-corrected chi connectivity index (χ1v) is 6.78. The largest absolute Gasteiger partial charge is 0.352 e. The summed E-state index contributed by atoms with van der Waals surface area (Å²) in [5.74, 6) is 1.33. The number of amides is 2. The molecule has 1 aliphatic heterocycles. The van der Waals surface area contributed by atoms with Gasteiger partial charge < -0.3 is 15.6 Å². The van der Waals surface area contributed by atoms with Crippen LogP contribution in [-0.4, -0.2) is 33.9 Å². The molecule has 1 aliphatic carbocycles. The summed E-state index contributed by atoms with van der Waals surface area (Å²) in [5, 5.41) is 5.79. The highest BCUT2D eigenvalue weighted by atomic mass is 16.2. The summed E-state index contributed by atoms with van der Waals surface area (Å²) in [6.07, 6.45) is 5.05. The Labute approximate surface area is 111 Å². The van der Waals surface area contributed by atoms with E-state index in [1.165, 1.54) is 0 Å². The molecule has 0 aromatic carbocycles. The smallest absolute Gasteiger partial charge is 0.269 e. The molecule has 102 valence electrons. The van der Waals surface area contributed by atoms with Gasteiger partial charge in [0.1, 0.15) is 11.5 Å². The number of imidazole rings is 1. The van der Waals surface area contributed by atoms with Crippen LogP contribution in [0, 0.1) is 0 Å². The molecule has 0 bridgehead atoms. The van der Waals surface area contributed by atoms with Gasteiger partial charge in [-0.1, -0.05) is 0 Å². The van der Waals surface area contributed by atoms with Crippen LogP contribution in [0.3, 0.4) is 0 Å². The van der Waals surface area contributed by atoms with E-state index >= 15 is 0 Å². The molecule has 2 fully saturated rings. The van der Waals surface area contributed by atoms with Crippen LogP contribution in [-0.2, 0) is 4.79 Å². The molecule has 2 atom stereocenters. The van der Waals surface area contributed by atoms with E-state index < -0.39 is 0 Å². The molecule has 19 heavy (non-hydrogen) atoms. The van der Waals surface area contributed by atoms with Gasteiger partial charge in [-0.15, -0.1) is 0 Å². The first-order valence-electron chi connectivity index (χ1n) is 6.78. The second kappa shape index (κ2) is 4.68. The summed E-state index contributed by atoms with van der Waals surface area (Å²) in [6, 6.07) is -0.0473. The number of piperidine rings is 1. The Balaban J connectivity index is 1.62. The molecule has 6 nitrogen and oxygen atoms in total. The van der Waals surface area contributed by atoms with Gasteiger partial charge in [-0.05, 0) is 26.2 Å². The standard InChI is InChI=1S/C13H18N4O2/c1-7-9(4-5-11(18)15-7)17-13(19)10-6-14-12(16-10)8-2-3-8/h6-9H,2-5H2,1H3,(H,14,16)(H,15,18)(H,17,19). The second-order valence-electron chi connectivity index (χ2n) is 5.43. The van der Waals surface area contributed by atoms with Crippen molar-refractivity contribution in [1.82, 2.24) is 20.6 Å². The Morgan fingerprint density at radius 3 is 2.89 bits per heavy atom. The van der Waals surface area contributed by atoms with Crippen molar-refractivity contribution in [3.05, 3.63) is 17.7 Å². The van der Waals surface area contributed by atoms with Gasteiger partial charge in [0.15, 0.2) is 0 Å². The van der Waals surface area contributed by atoms with Crippen molar-refractivity contribution >= 4 is 11.8 Å². The molecule has 3 rings (SSSR count). The first-order chi connectivity index (χ1) is 9.13. The average molecular weight is 262 g/mol. The third-order valence-electron chi connectivity index (χ3n) is 3.80. The molecular formula is C13H18N4O2. The van der Waals surface area contributed by atoms with E-state index in [1.807, 2.05) is 6.92 Å². The number of hydrogen-bond acceptors (Lipinski definition) is 3. The van der Waals surface area contributed by atoms with Gasteiger partial charge in [0, 0.05) is 24.4 Å². The first kappa shape index (κ1) is 12.2. The number of nitrogens with zero attached hydrogens (tertiary/aromatic N) is 1. The topological polar surface area (TPSA) is 86.9 Å². The molecule has 2 heterocycles. The van der Waals surface area contributed by atoms with Crippen LogP contribution < -0.4 is 10.6 Å². The van der Waals surface area contributed by atoms with Crippen molar-refractivity contribution < 1.29 is 9.59 Å². The van der Waals surface area contributed by atoms with E-state index in [2.05, 4.69) is 20.6 Å². The van der Waals surface area contributed by atoms with Crippen LogP contribution in [0.4, 0.5) is 0 Å². The molecular weight excluding hydrogens is 244 g/mol. The zero-order valence-corrected chi connectivity index (χ0v) is 10.9. The van der Waals surface area contributed by atoms with Crippen LogP contribution in [0.2, 0.25) is 0 Å². The predicted molar refractivity (Wildman–Crippen MR) is 68.7 cm³/mol. The lowest BCUT2D eigenvalue weighted by molar-refractivity contribution is -0.123. The molecule has 0 spiro atoms. The maximum absolute atomic E-state index is 12.1. The maximum Gasteiger partial charge on any atom is 0.269 e. The van der Waals surface area contributed by atoms with E-state index in [1.54, 1.807) is 6.20 Å². The third-order valence-corrected chi connectivity index (χ3v) is 3.80. The number of carbonyl (C=O) groups is 2. The van der Waals surface area contributed by atoms with Crippen molar-refractivity contribution in [2.75, 3.05) is 0 Å². The highest BCUT2D eigenvalue weighted by Gasteiger charge is 2.29. The number of aromatic nitrogens is 2. The van der Waals surface area contributed by atoms with Crippen molar-refractivity contribution in [3.8, 4) is 0 Å². The van der Waals surface area contributed by atoms with E-state index in [4.69, 9.17) is 0 Å². The van der Waals surface area contributed by atoms with Gasteiger partial charge in [-0.25, -0.2) is 4.98 Å². The molecule has 0 radical (unpaired) electrons. The van der Waals surface area contributed by atoms with Gasteiger partial charge in [-0.2, -0.15) is 0 Å². The summed E-state index contributed by atoms with van der Waals surface area (Å²) < 4.78 is 0. The lowest BCUT2D eigenvalue weighted by atomic mass is 9.99. The number of H-pyrrole nitrogens is 1. The maximum atomic E-state index is 12.1. The van der Waals surface area contributed by atoms with E-state index in [-0.39, 0.29) is 23.9 Å².